The lowest BCUT2D eigenvalue weighted by Crippen LogP contribution is -2.07. The van der Waals surface area contributed by atoms with Crippen LogP contribution in [0, 0.1) is 0 Å². The molecule has 19 heavy (non-hydrogen) atoms. The summed E-state index contributed by atoms with van der Waals surface area (Å²) < 4.78 is 0. The van der Waals surface area contributed by atoms with E-state index in [2.05, 4.69) is 37.3 Å². The van der Waals surface area contributed by atoms with Crippen LogP contribution in [0.5, 0.6) is 0 Å². The molecular formula is C18H19N. The fraction of sp³-hybridized carbons (Fsp3) is 0.167. The van der Waals surface area contributed by atoms with E-state index >= 15 is 0 Å². The van der Waals surface area contributed by atoms with Gasteiger partial charge < -0.3 is 0 Å². The molecule has 1 unspecified atom stereocenters. The van der Waals surface area contributed by atoms with Crippen LogP contribution in [0.1, 0.15) is 25.0 Å². The van der Waals surface area contributed by atoms with Gasteiger partial charge in [0, 0.05) is 11.1 Å². The zero-order chi connectivity index (χ0) is 13.5. The van der Waals surface area contributed by atoms with Crippen LogP contribution in [-0.4, -0.2) is 11.8 Å². The van der Waals surface area contributed by atoms with Crippen LogP contribution in [0.25, 0.3) is 0 Å². The topological polar surface area (TPSA) is 12.4 Å². The van der Waals surface area contributed by atoms with Crippen LogP contribution in [0.3, 0.4) is 0 Å². The zero-order valence-corrected chi connectivity index (χ0v) is 11.5. The first-order valence-electron chi connectivity index (χ1n) is 6.62. The number of allylic oxidation sites excluding steroid dienone is 1. The molecule has 1 heteroatoms. The molecule has 0 saturated carbocycles. The van der Waals surface area contributed by atoms with Crippen LogP contribution < -0.4 is 0 Å². The third-order valence-corrected chi connectivity index (χ3v) is 2.90. The highest BCUT2D eigenvalue weighted by Crippen LogP contribution is 2.12. The molecule has 2 aromatic rings. The Morgan fingerprint density at radius 3 is 1.79 bits per heavy atom. The summed E-state index contributed by atoms with van der Waals surface area (Å²) in [6.07, 6.45) is 4.15. The average Bonchev–Trinajstić information content (AvgIpc) is 2.47. The molecule has 0 saturated heterocycles. The third-order valence-electron chi connectivity index (χ3n) is 2.90. The van der Waals surface area contributed by atoms with E-state index in [1.165, 1.54) is 0 Å². The van der Waals surface area contributed by atoms with Gasteiger partial charge in [-0.2, -0.15) is 0 Å². The molecule has 96 valence electrons. The first kappa shape index (κ1) is 13.3. The van der Waals surface area contributed by atoms with Crippen molar-refractivity contribution in [3.05, 3.63) is 83.9 Å². The summed E-state index contributed by atoms with van der Waals surface area (Å²) in [6, 6.07) is 20.9. The van der Waals surface area contributed by atoms with Gasteiger partial charge in [0.2, 0.25) is 0 Å². The summed E-state index contributed by atoms with van der Waals surface area (Å²) in [6.45, 7) is 4.13. The van der Waals surface area contributed by atoms with E-state index in [1.807, 2.05) is 49.4 Å². The Hall–Kier alpha value is -2.15. The Kier molecular flexibility index (Phi) is 4.68. The molecule has 0 fully saturated rings. The van der Waals surface area contributed by atoms with Gasteiger partial charge >= 0.3 is 0 Å². The normalized spacial score (nSPS) is 12.3. The molecule has 0 radical (unpaired) electrons. The van der Waals surface area contributed by atoms with Gasteiger partial charge in [-0.15, -0.1) is 0 Å². The van der Waals surface area contributed by atoms with Crippen LogP contribution >= 0.6 is 0 Å². The van der Waals surface area contributed by atoms with Crippen molar-refractivity contribution in [1.82, 2.24) is 0 Å². The second-order valence-electron chi connectivity index (χ2n) is 4.48. The lowest BCUT2D eigenvalue weighted by atomic mass is 10.0. The minimum Gasteiger partial charge on any atom is -0.277 e. The van der Waals surface area contributed by atoms with Gasteiger partial charge in [0.05, 0.1) is 11.8 Å². The Bertz CT molecular complexity index is 511. The standard InChI is InChI=1S/C18H19N/c1-3-10-15(2)19-18(16-11-6-4-7-12-16)17-13-8-5-9-14-17/h3-15H,1-2H3/b10-3+. The van der Waals surface area contributed by atoms with E-state index < -0.39 is 0 Å². The number of nitrogens with zero attached hydrogens (tertiary/aromatic N) is 1. The maximum Gasteiger partial charge on any atom is 0.0726 e. The van der Waals surface area contributed by atoms with E-state index in [0.29, 0.717) is 0 Å². The van der Waals surface area contributed by atoms with Gasteiger partial charge in [-0.3, -0.25) is 4.99 Å². The second-order valence-corrected chi connectivity index (χ2v) is 4.48. The predicted octanol–water partition coefficient (Wildman–Crippen LogP) is 4.49. The highest BCUT2D eigenvalue weighted by molar-refractivity contribution is 6.13. The minimum atomic E-state index is 0.181. The fourth-order valence-electron chi connectivity index (χ4n) is 2.03. The van der Waals surface area contributed by atoms with Gasteiger partial charge in [0.15, 0.2) is 0 Å². The quantitative estimate of drug-likeness (QED) is 0.559. The number of hydrogen-bond acceptors (Lipinski definition) is 1. The monoisotopic (exact) mass is 249 g/mol. The molecule has 0 aliphatic heterocycles. The van der Waals surface area contributed by atoms with E-state index in [4.69, 9.17) is 4.99 Å². The van der Waals surface area contributed by atoms with Crippen molar-refractivity contribution in [3.8, 4) is 0 Å². The molecule has 0 N–H and O–H groups in total. The zero-order valence-electron chi connectivity index (χ0n) is 11.5. The number of rotatable bonds is 4. The Morgan fingerprint density at radius 1 is 0.895 bits per heavy atom. The minimum absolute atomic E-state index is 0.181. The summed E-state index contributed by atoms with van der Waals surface area (Å²) in [5, 5.41) is 0. The van der Waals surface area contributed by atoms with Gasteiger partial charge in [-0.05, 0) is 13.8 Å². The molecular weight excluding hydrogens is 230 g/mol. The van der Waals surface area contributed by atoms with Gasteiger partial charge in [-0.25, -0.2) is 0 Å². The maximum absolute atomic E-state index is 4.84. The van der Waals surface area contributed by atoms with Crippen LogP contribution in [0.15, 0.2) is 77.8 Å². The first-order valence-corrected chi connectivity index (χ1v) is 6.62. The maximum atomic E-state index is 4.84. The van der Waals surface area contributed by atoms with Crippen molar-refractivity contribution in [1.29, 1.82) is 0 Å². The van der Waals surface area contributed by atoms with E-state index in [0.717, 1.165) is 16.8 Å². The van der Waals surface area contributed by atoms with Crippen LogP contribution in [0.4, 0.5) is 0 Å². The number of hydrogen-bond donors (Lipinski definition) is 0. The molecule has 0 amide bonds. The summed E-state index contributed by atoms with van der Waals surface area (Å²) in [5.74, 6) is 0. The summed E-state index contributed by atoms with van der Waals surface area (Å²) in [4.78, 5) is 4.84. The molecule has 2 rings (SSSR count). The molecule has 0 aliphatic rings. The molecule has 0 bridgehead atoms. The van der Waals surface area contributed by atoms with Gasteiger partial charge in [-0.1, -0.05) is 72.8 Å². The first-order chi connectivity index (χ1) is 9.31. The van der Waals surface area contributed by atoms with Crippen molar-refractivity contribution in [3.63, 3.8) is 0 Å². The van der Waals surface area contributed by atoms with Crippen LogP contribution in [-0.2, 0) is 0 Å². The van der Waals surface area contributed by atoms with Crippen molar-refractivity contribution in [2.24, 2.45) is 4.99 Å². The Labute approximate surface area is 115 Å². The lowest BCUT2D eigenvalue weighted by Gasteiger charge is -2.09. The van der Waals surface area contributed by atoms with E-state index in [-0.39, 0.29) is 6.04 Å². The van der Waals surface area contributed by atoms with Crippen molar-refractivity contribution < 1.29 is 0 Å². The number of aliphatic imine (C=N–C) groups is 1. The van der Waals surface area contributed by atoms with Gasteiger partial charge in [0.25, 0.3) is 0 Å². The fourth-order valence-corrected chi connectivity index (χ4v) is 2.03. The van der Waals surface area contributed by atoms with Crippen LogP contribution in [0.2, 0.25) is 0 Å². The summed E-state index contributed by atoms with van der Waals surface area (Å²) >= 11 is 0. The van der Waals surface area contributed by atoms with Crippen molar-refractivity contribution >= 4 is 5.71 Å². The number of benzene rings is 2. The largest absolute Gasteiger partial charge is 0.277 e. The third kappa shape index (κ3) is 3.65. The van der Waals surface area contributed by atoms with Crippen molar-refractivity contribution in [2.75, 3.05) is 0 Å². The summed E-state index contributed by atoms with van der Waals surface area (Å²) in [5.41, 5.74) is 3.36. The predicted molar refractivity (Wildman–Crippen MR) is 82.8 cm³/mol. The highest BCUT2D eigenvalue weighted by atomic mass is 14.8. The Morgan fingerprint density at radius 2 is 1.37 bits per heavy atom. The lowest BCUT2D eigenvalue weighted by molar-refractivity contribution is 0.925. The smallest absolute Gasteiger partial charge is 0.0726 e. The molecule has 1 atom stereocenters. The summed E-state index contributed by atoms with van der Waals surface area (Å²) in [7, 11) is 0. The van der Waals surface area contributed by atoms with E-state index in [1.54, 1.807) is 0 Å². The molecule has 2 aromatic carbocycles. The molecule has 0 spiro atoms. The molecule has 0 aromatic heterocycles. The molecule has 1 nitrogen and oxygen atoms in total. The SMILES string of the molecule is C/C=C/C(C)N=C(c1ccccc1)c1ccccc1. The van der Waals surface area contributed by atoms with Crippen molar-refractivity contribution in [2.45, 2.75) is 19.9 Å². The highest BCUT2D eigenvalue weighted by Gasteiger charge is 2.07. The van der Waals surface area contributed by atoms with Gasteiger partial charge in [0.1, 0.15) is 0 Å². The molecule has 0 heterocycles. The average molecular weight is 249 g/mol. The Balaban J connectivity index is 2.46. The van der Waals surface area contributed by atoms with E-state index in [9.17, 15) is 0 Å². The molecule has 0 aliphatic carbocycles. The second kappa shape index (κ2) is 6.69.